The van der Waals surface area contributed by atoms with Crippen molar-refractivity contribution in [3.63, 3.8) is 0 Å². The van der Waals surface area contributed by atoms with Gasteiger partial charge in [-0.1, -0.05) is 29.3 Å². The van der Waals surface area contributed by atoms with Gasteiger partial charge in [-0.3, -0.25) is 4.79 Å². The molecule has 33 heavy (non-hydrogen) atoms. The number of carbonyl (C=O) groups is 2. The number of aromatic amines is 1. The lowest BCUT2D eigenvalue weighted by Gasteiger charge is -2.32. The van der Waals surface area contributed by atoms with E-state index in [0.717, 1.165) is 0 Å². The number of amides is 1. The van der Waals surface area contributed by atoms with Gasteiger partial charge in [-0.25, -0.2) is 18.2 Å². The van der Waals surface area contributed by atoms with Crippen molar-refractivity contribution in [2.24, 2.45) is 0 Å². The number of aromatic nitrogens is 2. The first-order chi connectivity index (χ1) is 15.6. The van der Waals surface area contributed by atoms with Gasteiger partial charge >= 0.3 is 5.97 Å². The number of hydrogen-bond donors (Lipinski definition) is 6. The number of carboxylic acids is 1. The zero-order valence-electron chi connectivity index (χ0n) is 17.1. The van der Waals surface area contributed by atoms with Gasteiger partial charge in [0.05, 0.1) is 16.7 Å². The highest BCUT2D eigenvalue weighted by atomic mass is 35.5. The maximum atomic E-state index is 13.2. The van der Waals surface area contributed by atoms with Gasteiger partial charge in [-0.05, 0) is 31.4 Å². The summed E-state index contributed by atoms with van der Waals surface area (Å²) >= 11 is 12.1. The Morgan fingerprint density at radius 3 is 2.61 bits per heavy atom. The van der Waals surface area contributed by atoms with Crippen molar-refractivity contribution in [2.75, 3.05) is 18.5 Å². The number of aliphatic carboxylic acids is 1. The number of hydrogen-bond acceptors (Lipinski definition) is 8. The molecule has 1 aliphatic rings. The highest BCUT2D eigenvalue weighted by molar-refractivity contribution is 7.89. The molecule has 180 valence electrons. The van der Waals surface area contributed by atoms with Gasteiger partial charge in [0.2, 0.25) is 21.6 Å². The lowest BCUT2D eigenvalue weighted by atomic mass is 10.0. The maximum absolute atomic E-state index is 13.2. The van der Waals surface area contributed by atoms with E-state index in [1.165, 1.54) is 24.4 Å². The highest BCUT2D eigenvalue weighted by Crippen LogP contribution is 2.30. The lowest BCUT2D eigenvalue weighted by molar-refractivity contribution is -0.149. The zero-order valence-corrected chi connectivity index (χ0v) is 19.4. The van der Waals surface area contributed by atoms with E-state index in [1.54, 1.807) is 6.20 Å². The zero-order chi connectivity index (χ0) is 24.1. The molecule has 1 aromatic carbocycles. The summed E-state index contributed by atoms with van der Waals surface area (Å²) < 4.78 is 28.4. The predicted molar refractivity (Wildman–Crippen MR) is 119 cm³/mol. The van der Waals surface area contributed by atoms with Crippen LogP contribution in [0.15, 0.2) is 35.5 Å². The summed E-state index contributed by atoms with van der Waals surface area (Å²) in [4.78, 5) is 36.3. The number of hydroxylamine groups is 1. The first kappa shape index (κ1) is 25.2. The Morgan fingerprint density at radius 1 is 1.30 bits per heavy atom. The molecule has 0 aliphatic carbocycles. The molecule has 3 rings (SSSR count). The van der Waals surface area contributed by atoms with Crippen LogP contribution < -0.4 is 20.8 Å². The van der Waals surface area contributed by atoms with Crippen LogP contribution in [-0.2, 0) is 24.4 Å². The van der Waals surface area contributed by atoms with Crippen LogP contribution >= 0.6 is 23.2 Å². The molecule has 1 aliphatic heterocycles. The van der Waals surface area contributed by atoms with E-state index in [1.807, 2.05) is 0 Å². The molecule has 0 spiro atoms. The molecule has 1 amide bonds. The Morgan fingerprint density at radius 2 is 2.03 bits per heavy atom. The topological polar surface area (TPSA) is 175 Å². The molecule has 0 saturated carbocycles. The minimum absolute atomic E-state index is 0.140. The van der Waals surface area contributed by atoms with Crippen molar-refractivity contribution < 1.29 is 28.0 Å². The van der Waals surface area contributed by atoms with E-state index in [4.69, 9.17) is 28.0 Å². The Bertz CT molecular complexity index is 1070. The molecule has 6 N–H and O–H groups in total. The number of halogens is 2. The summed E-state index contributed by atoms with van der Waals surface area (Å²) in [5, 5.41) is 14.9. The number of anilines is 1. The van der Waals surface area contributed by atoms with Crippen LogP contribution in [0.3, 0.4) is 0 Å². The van der Waals surface area contributed by atoms with Crippen LogP contribution in [0.5, 0.6) is 0 Å². The van der Waals surface area contributed by atoms with E-state index in [2.05, 4.69) is 30.8 Å². The third kappa shape index (κ3) is 6.13. The highest BCUT2D eigenvalue weighted by Gasteiger charge is 2.45. The molecule has 15 heteroatoms. The summed E-state index contributed by atoms with van der Waals surface area (Å²) in [7, 11) is -4.57. The molecule has 2 heterocycles. The van der Waals surface area contributed by atoms with Crippen molar-refractivity contribution in [1.29, 1.82) is 0 Å². The van der Waals surface area contributed by atoms with Crippen LogP contribution in [0, 0.1) is 0 Å². The molecular weight excluding hydrogens is 499 g/mol. The number of carbonyl (C=O) groups excluding carboxylic acids is 1. The molecule has 2 atom stereocenters. The summed E-state index contributed by atoms with van der Waals surface area (Å²) in [5.41, 5.74) is 0.0720. The van der Waals surface area contributed by atoms with E-state index in [0.29, 0.717) is 5.95 Å². The molecular formula is C18H22Cl2N6O6S. The number of benzene rings is 1. The van der Waals surface area contributed by atoms with Crippen LogP contribution in [-0.4, -0.2) is 60.2 Å². The summed E-state index contributed by atoms with van der Waals surface area (Å²) in [5.74, 6) is -1.91. The Labute approximate surface area is 199 Å². The average Bonchev–Trinajstić information content (AvgIpc) is 3.44. The summed E-state index contributed by atoms with van der Waals surface area (Å²) in [6, 6.07) is 3.20. The second-order valence-corrected chi connectivity index (χ2v) is 9.57. The molecule has 0 bridgehead atoms. The molecule has 12 nitrogen and oxygen atoms in total. The van der Waals surface area contributed by atoms with Gasteiger partial charge < -0.3 is 25.6 Å². The predicted octanol–water partition coefficient (Wildman–Crippen LogP) is 1.08. The van der Waals surface area contributed by atoms with Crippen molar-refractivity contribution in [1.82, 2.24) is 25.5 Å². The summed E-state index contributed by atoms with van der Waals surface area (Å²) in [6.07, 6.45) is 3.24. The first-order valence-corrected chi connectivity index (χ1v) is 12.0. The van der Waals surface area contributed by atoms with Gasteiger partial charge in [-0.15, -0.1) is 0 Å². The van der Waals surface area contributed by atoms with Crippen molar-refractivity contribution in [3.05, 3.63) is 40.6 Å². The number of rotatable bonds is 11. The lowest BCUT2D eigenvalue weighted by Crippen LogP contribution is -2.67. The van der Waals surface area contributed by atoms with Gasteiger partial charge in [0.25, 0.3) is 0 Å². The van der Waals surface area contributed by atoms with E-state index in [-0.39, 0.29) is 42.5 Å². The Balaban J connectivity index is 1.87. The second-order valence-electron chi connectivity index (χ2n) is 7.13. The van der Waals surface area contributed by atoms with E-state index < -0.39 is 38.5 Å². The normalized spacial score (nSPS) is 17.9. The first-order valence-electron chi connectivity index (χ1n) is 9.78. The smallest absolute Gasteiger partial charge is 0.345 e. The van der Waals surface area contributed by atoms with Crippen LogP contribution in [0.2, 0.25) is 10.0 Å². The number of nitrogens with one attached hydrogen (secondary N) is 5. The van der Waals surface area contributed by atoms with E-state index >= 15 is 0 Å². The average molecular weight is 521 g/mol. The largest absolute Gasteiger partial charge is 0.478 e. The SMILES string of the molecule is O=C(NC(CCCNc1ncc[nH]1)(NS(=O)(=O)c1c(Cl)cccc1Cl)C(=O)O)C1CCON1. The molecule has 1 fully saturated rings. The van der Waals surface area contributed by atoms with Crippen LogP contribution in [0.1, 0.15) is 19.3 Å². The van der Waals surface area contributed by atoms with Gasteiger partial charge in [0.1, 0.15) is 10.9 Å². The van der Waals surface area contributed by atoms with Crippen molar-refractivity contribution in [3.8, 4) is 0 Å². The third-order valence-electron chi connectivity index (χ3n) is 4.77. The fourth-order valence-electron chi connectivity index (χ4n) is 3.16. The van der Waals surface area contributed by atoms with Gasteiger partial charge in [0.15, 0.2) is 5.95 Å². The minimum Gasteiger partial charge on any atom is -0.478 e. The number of H-pyrrole nitrogens is 1. The van der Waals surface area contributed by atoms with Crippen LogP contribution in [0.25, 0.3) is 0 Å². The number of imidazole rings is 1. The quantitative estimate of drug-likeness (QED) is 0.187. The second kappa shape index (κ2) is 10.7. The molecule has 0 radical (unpaired) electrons. The summed E-state index contributed by atoms with van der Waals surface area (Å²) in [6.45, 7) is 0.476. The standard InChI is InChI=1S/C18H22Cl2N6O6S/c19-11-3-1-4-12(20)14(11)33(30,31)26-18(16(28)29,24-15(27)13-5-10-32-25-13)6-2-7-21-17-22-8-9-23-17/h1,3-4,8-9,13,25-26H,2,5-7,10H2,(H,24,27)(H,28,29)(H2,21,22,23). The monoisotopic (exact) mass is 520 g/mol. The number of sulfonamides is 1. The van der Waals surface area contributed by atoms with Crippen LogP contribution in [0.4, 0.5) is 5.95 Å². The molecule has 2 unspecified atom stereocenters. The third-order valence-corrected chi connectivity index (χ3v) is 7.22. The van der Waals surface area contributed by atoms with E-state index in [9.17, 15) is 23.1 Å². The molecule has 2 aromatic rings. The van der Waals surface area contributed by atoms with Crippen molar-refractivity contribution >= 4 is 51.0 Å². The maximum Gasteiger partial charge on any atom is 0.345 e. The van der Waals surface area contributed by atoms with Gasteiger partial charge in [-0.2, -0.15) is 10.2 Å². The van der Waals surface area contributed by atoms with Crippen molar-refractivity contribution in [2.45, 2.75) is 35.9 Å². The number of nitrogens with zero attached hydrogens (tertiary/aromatic N) is 1. The molecule has 1 saturated heterocycles. The van der Waals surface area contributed by atoms with Gasteiger partial charge in [0, 0.05) is 18.9 Å². The fraction of sp³-hybridized carbons (Fsp3) is 0.389. The number of carboxylic acid groups (broad SMARTS) is 1. The Hall–Kier alpha value is -2.42. The fourth-order valence-corrected chi connectivity index (χ4v) is 5.62. The minimum atomic E-state index is -4.57. The Kier molecular flexibility index (Phi) is 8.15. The molecule has 1 aromatic heterocycles.